The Kier molecular flexibility index (Phi) is 12.2. The third-order valence-corrected chi connectivity index (χ3v) is 7.96. The van der Waals surface area contributed by atoms with Crippen molar-refractivity contribution < 1.29 is 24.5 Å². The van der Waals surface area contributed by atoms with Crippen molar-refractivity contribution in [3.8, 4) is 11.5 Å². The van der Waals surface area contributed by atoms with Crippen molar-refractivity contribution >= 4 is 7.94 Å². The van der Waals surface area contributed by atoms with Crippen LogP contribution in [-0.4, -0.2) is 32.3 Å². The quantitative estimate of drug-likeness (QED) is 0.154. The van der Waals surface area contributed by atoms with E-state index in [1.54, 1.807) is 24.3 Å². The number of unbranched alkanes of at least 4 members (excludes halogenated alkanes) is 9. The number of hydrogen-bond acceptors (Lipinski definition) is 5. The molecule has 33 heavy (non-hydrogen) atoms. The Labute approximate surface area is 200 Å². The van der Waals surface area contributed by atoms with E-state index in [1.165, 1.54) is 44.9 Å². The topological polar surface area (TPSA) is 90.2 Å². The molecule has 6 heteroatoms. The van der Waals surface area contributed by atoms with Gasteiger partial charge in [0.05, 0.1) is 0 Å². The third kappa shape index (κ3) is 10.4. The molecular formula is C27H43O5P. The number of benzene rings is 2. The van der Waals surface area contributed by atoms with Crippen LogP contribution in [0.15, 0.2) is 48.5 Å². The summed E-state index contributed by atoms with van der Waals surface area (Å²) in [5, 5.41) is 19.3. The fourth-order valence-corrected chi connectivity index (χ4v) is 5.93. The second-order valence-electron chi connectivity index (χ2n) is 9.16. The summed E-state index contributed by atoms with van der Waals surface area (Å²) in [6.45, 7) is 4.08. The first-order chi connectivity index (χ1) is 15.8. The summed E-state index contributed by atoms with van der Waals surface area (Å²) in [7, 11) is -3.81. The van der Waals surface area contributed by atoms with Crippen LogP contribution in [0.1, 0.15) is 95.1 Å². The minimum absolute atomic E-state index is 0.172. The Hall–Kier alpha value is -1.65. The van der Waals surface area contributed by atoms with Gasteiger partial charge in [0.1, 0.15) is 0 Å². The Bertz CT molecular complexity index is 731. The zero-order chi connectivity index (χ0) is 24.1. The van der Waals surface area contributed by atoms with Crippen molar-refractivity contribution in [2.24, 2.45) is 0 Å². The van der Waals surface area contributed by atoms with Crippen LogP contribution in [0.4, 0.5) is 0 Å². The first kappa shape index (κ1) is 27.6. The van der Waals surface area contributed by atoms with Gasteiger partial charge in [0.15, 0.2) is 0 Å². The molecular weight excluding hydrogens is 435 g/mol. The number of rotatable bonds is 16. The van der Waals surface area contributed by atoms with E-state index in [0.29, 0.717) is 6.16 Å². The molecule has 186 valence electrons. The number of aromatic hydroxyl groups is 2. The van der Waals surface area contributed by atoms with Gasteiger partial charge in [-0.15, -0.1) is 0 Å². The van der Waals surface area contributed by atoms with Crippen LogP contribution in [0.5, 0.6) is 11.5 Å². The first-order valence-electron chi connectivity index (χ1n) is 12.5. The number of hydrogen-bond donors (Lipinski definition) is 4. The second kappa shape index (κ2) is 14.6. The Balaban J connectivity index is 1.86. The zero-order valence-electron chi connectivity index (χ0n) is 20.2. The molecule has 0 aromatic heterocycles. The average Bonchev–Trinajstić information content (AvgIpc) is 2.77. The molecule has 2 aromatic carbocycles. The molecule has 0 heterocycles. The summed E-state index contributed by atoms with van der Waals surface area (Å²) in [5.74, 6) is 0.0848. The van der Waals surface area contributed by atoms with Gasteiger partial charge in [0, 0.05) is 0 Å². The summed E-state index contributed by atoms with van der Waals surface area (Å²) in [5.41, 5.74) is 1.80. The molecule has 0 amide bonds. The number of phenolic OH excluding ortho intramolecular Hbond substituents is 2. The van der Waals surface area contributed by atoms with Gasteiger partial charge in [-0.1, -0.05) is 0 Å². The van der Waals surface area contributed by atoms with Gasteiger partial charge >= 0.3 is 200 Å². The molecule has 2 aromatic rings. The molecule has 0 radical (unpaired) electrons. The van der Waals surface area contributed by atoms with Crippen molar-refractivity contribution in [2.75, 3.05) is 6.16 Å². The predicted molar refractivity (Wildman–Crippen MR) is 138 cm³/mol. The molecule has 0 aliphatic rings. The molecule has 0 saturated heterocycles. The van der Waals surface area contributed by atoms with Gasteiger partial charge in [-0.05, 0) is 0 Å². The normalized spacial score (nSPS) is 13.4. The Morgan fingerprint density at radius 1 is 0.667 bits per heavy atom. The van der Waals surface area contributed by atoms with E-state index < -0.39 is 14.0 Å². The van der Waals surface area contributed by atoms with Crippen molar-refractivity contribution in [3.63, 3.8) is 0 Å². The van der Waals surface area contributed by atoms with E-state index in [-0.39, 0.29) is 17.4 Å². The van der Waals surface area contributed by atoms with Crippen LogP contribution in [0.2, 0.25) is 0 Å². The summed E-state index contributed by atoms with van der Waals surface area (Å²) < 4.78 is 5.88. The van der Waals surface area contributed by atoms with Gasteiger partial charge < -0.3 is 0 Å². The van der Waals surface area contributed by atoms with Gasteiger partial charge in [-0.2, -0.15) is 0 Å². The summed E-state index contributed by atoms with van der Waals surface area (Å²) in [6, 6.07) is 13.7. The molecule has 1 unspecified atom stereocenters. The molecule has 1 atom stereocenters. The van der Waals surface area contributed by atoms with Crippen LogP contribution < -0.4 is 0 Å². The first-order valence-corrected chi connectivity index (χ1v) is 14.5. The van der Waals surface area contributed by atoms with Crippen LogP contribution in [-0.2, 0) is 4.52 Å². The van der Waals surface area contributed by atoms with Gasteiger partial charge in [-0.25, -0.2) is 0 Å². The molecule has 0 bridgehead atoms. The molecule has 4 N–H and O–H groups in total. The average molecular weight is 479 g/mol. The molecule has 2 rings (SSSR count). The van der Waals surface area contributed by atoms with Gasteiger partial charge in [0.2, 0.25) is 0 Å². The predicted octanol–water partition coefficient (Wildman–Crippen LogP) is 7.04. The van der Waals surface area contributed by atoms with Crippen LogP contribution >= 0.6 is 7.94 Å². The molecule has 0 fully saturated rings. The maximum absolute atomic E-state index is 10.6. The SMILES string of the molecule is CCCCCCCCCCCC[PH](O)(O)OC(C)C(c1ccc(O)cc1)c1ccc(O)cc1. The fraction of sp³-hybridized carbons (Fsp3) is 0.556. The molecule has 0 aliphatic heterocycles. The molecule has 0 aliphatic carbocycles. The molecule has 5 nitrogen and oxygen atoms in total. The summed E-state index contributed by atoms with van der Waals surface area (Å²) in [6.07, 6.45) is 11.7. The van der Waals surface area contributed by atoms with Crippen LogP contribution in [0.25, 0.3) is 0 Å². The van der Waals surface area contributed by atoms with Crippen molar-refractivity contribution in [1.29, 1.82) is 0 Å². The second-order valence-corrected chi connectivity index (χ2v) is 11.4. The van der Waals surface area contributed by atoms with Crippen molar-refractivity contribution in [1.82, 2.24) is 0 Å². The Morgan fingerprint density at radius 3 is 1.48 bits per heavy atom. The zero-order valence-corrected chi connectivity index (χ0v) is 21.2. The maximum atomic E-state index is 10.6. The number of phenols is 2. The van der Waals surface area contributed by atoms with E-state index in [2.05, 4.69) is 6.92 Å². The van der Waals surface area contributed by atoms with Crippen molar-refractivity contribution in [3.05, 3.63) is 59.7 Å². The Morgan fingerprint density at radius 2 is 1.06 bits per heavy atom. The summed E-state index contributed by atoms with van der Waals surface area (Å²) in [4.78, 5) is 21.3. The summed E-state index contributed by atoms with van der Waals surface area (Å²) >= 11 is 0. The van der Waals surface area contributed by atoms with Crippen molar-refractivity contribution in [2.45, 2.75) is 90.1 Å². The standard InChI is InChI=1S/C27H43O5P/c1-3-4-5-6-7-8-9-10-11-12-21-33(30,31)32-22(2)27(23-13-17-25(28)18-14-23)24-15-19-26(29)20-16-24/h13-20,22,27-31,33H,3-12,21H2,1-2H3. The third-order valence-electron chi connectivity index (χ3n) is 6.20. The van der Waals surface area contributed by atoms with Gasteiger partial charge in [-0.3, -0.25) is 0 Å². The monoisotopic (exact) mass is 478 g/mol. The van der Waals surface area contributed by atoms with Gasteiger partial charge in [0.25, 0.3) is 0 Å². The van der Waals surface area contributed by atoms with E-state index in [1.807, 2.05) is 31.2 Å². The fourth-order valence-electron chi connectivity index (χ4n) is 4.37. The van der Waals surface area contributed by atoms with E-state index in [9.17, 15) is 20.0 Å². The minimum atomic E-state index is -3.81. The van der Waals surface area contributed by atoms with E-state index in [0.717, 1.165) is 30.4 Å². The van der Waals surface area contributed by atoms with Crippen LogP contribution in [0.3, 0.4) is 0 Å². The van der Waals surface area contributed by atoms with E-state index >= 15 is 0 Å². The molecule has 0 saturated carbocycles. The molecule has 0 spiro atoms. The van der Waals surface area contributed by atoms with E-state index in [4.69, 9.17) is 4.52 Å². The van der Waals surface area contributed by atoms with Crippen LogP contribution in [0, 0.1) is 0 Å².